The maximum atomic E-state index is 11.3. The van der Waals surface area contributed by atoms with Crippen molar-refractivity contribution in [2.45, 2.75) is 77.9 Å². The Hall–Kier alpha value is -1.01. The summed E-state index contributed by atoms with van der Waals surface area (Å²) in [6.45, 7) is 7.56. The van der Waals surface area contributed by atoms with Gasteiger partial charge in [0.2, 0.25) is 0 Å². The Morgan fingerprint density at radius 2 is 1.94 bits per heavy atom. The van der Waals surface area contributed by atoms with Crippen LogP contribution in [0.5, 0.6) is 0 Å². The molecule has 0 heterocycles. The van der Waals surface area contributed by atoms with Crippen molar-refractivity contribution in [1.82, 2.24) is 0 Å². The molecule has 3 nitrogen and oxygen atoms in total. The zero-order valence-electron chi connectivity index (χ0n) is 12.1. The minimum Gasteiger partial charge on any atom is -0.450 e. The molecule has 1 atom stereocenters. The first-order valence-electron chi connectivity index (χ1n) is 6.75. The predicted molar refractivity (Wildman–Crippen MR) is 73.0 cm³/mol. The van der Waals surface area contributed by atoms with E-state index in [0.29, 0.717) is 6.42 Å². The summed E-state index contributed by atoms with van der Waals surface area (Å²) in [7, 11) is 0. The lowest BCUT2D eigenvalue weighted by Crippen LogP contribution is -2.22. The summed E-state index contributed by atoms with van der Waals surface area (Å²) in [5.41, 5.74) is -0.509. The summed E-state index contributed by atoms with van der Waals surface area (Å²) < 4.78 is 5.04. The molecule has 0 rings (SSSR count). The number of carbonyl (C=O) groups is 1. The minimum absolute atomic E-state index is 0.339. The van der Waals surface area contributed by atoms with Gasteiger partial charge in [-0.3, -0.25) is 0 Å². The molecular formula is C15H26O3. The van der Waals surface area contributed by atoms with Crippen LogP contribution in [0, 0.1) is 11.8 Å². The van der Waals surface area contributed by atoms with Gasteiger partial charge in [-0.1, -0.05) is 38.5 Å². The van der Waals surface area contributed by atoms with Gasteiger partial charge in [0.25, 0.3) is 0 Å². The molecule has 3 heteroatoms. The molecule has 0 saturated carbocycles. The number of carbonyl (C=O) groups excluding carboxylic acids is 1. The summed E-state index contributed by atoms with van der Waals surface area (Å²) in [6, 6.07) is 0. The standard InChI is InChI=1S/C15H26O3/c1-5-6-7-8-10-13(16)11-9-12-14(17)18-15(2,3)4/h13,16H,5-8,10-11H2,1-4H3/t13-/m1/s1. The molecule has 1 N–H and O–H groups in total. The molecule has 0 aromatic heterocycles. The molecule has 0 aliphatic heterocycles. The van der Waals surface area contributed by atoms with E-state index in [1.807, 2.05) is 0 Å². The third kappa shape index (κ3) is 11.5. The maximum absolute atomic E-state index is 11.3. The number of hydrogen-bond donors (Lipinski definition) is 1. The van der Waals surface area contributed by atoms with Crippen LogP contribution in [0.4, 0.5) is 0 Å². The maximum Gasteiger partial charge on any atom is 0.384 e. The van der Waals surface area contributed by atoms with Gasteiger partial charge in [0, 0.05) is 12.3 Å². The fourth-order valence-electron chi connectivity index (χ4n) is 1.45. The highest BCUT2D eigenvalue weighted by Gasteiger charge is 2.14. The van der Waals surface area contributed by atoms with Crippen LogP contribution in [-0.2, 0) is 9.53 Å². The van der Waals surface area contributed by atoms with Crippen LogP contribution in [0.1, 0.15) is 66.2 Å². The summed E-state index contributed by atoms with van der Waals surface area (Å²) in [6.07, 6.45) is 5.21. The van der Waals surface area contributed by atoms with Crippen molar-refractivity contribution in [3.05, 3.63) is 0 Å². The molecule has 0 fully saturated rings. The highest BCUT2D eigenvalue weighted by atomic mass is 16.6. The van der Waals surface area contributed by atoms with Crippen molar-refractivity contribution in [2.75, 3.05) is 0 Å². The third-order valence-electron chi connectivity index (χ3n) is 2.32. The summed E-state index contributed by atoms with van der Waals surface area (Å²) >= 11 is 0. The van der Waals surface area contributed by atoms with Crippen molar-refractivity contribution >= 4 is 5.97 Å². The van der Waals surface area contributed by atoms with Gasteiger partial charge in [-0.2, -0.15) is 0 Å². The van der Waals surface area contributed by atoms with E-state index in [0.717, 1.165) is 19.3 Å². The molecule has 104 valence electrons. The fraction of sp³-hybridized carbons (Fsp3) is 0.800. The molecule has 0 unspecified atom stereocenters. The first-order chi connectivity index (χ1) is 8.35. The number of unbranched alkanes of at least 4 members (excludes halogenated alkanes) is 3. The summed E-state index contributed by atoms with van der Waals surface area (Å²) in [4.78, 5) is 11.3. The van der Waals surface area contributed by atoms with E-state index in [1.165, 1.54) is 12.8 Å². The molecule has 0 radical (unpaired) electrons. The van der Waals surface area contributed by atoms with Gasteiger partial charge >= 0.3 is 5.97 Å². The van der Waals surface area contributed by atoms with E-state index in [4.69, 9.17) is 4.74 Å². The van der Waals surface area contributed by atoms with Crippen molar-refractivity contribution in [1.29, 1.82) is 0 Å². The Kier molecular flexibility index (Phi) is 8.49. The van der Waals surface area contributed by atoms with Gasteiger partial charge in [0.15, 0.2) is 0 Å². The quantitative estimate of drug-likeness (QED) is 0.343. The number of aliphatic hydroxyl groups is 1. The van der Waals surface area contributed by atoms with Crippen molar-refractivity contribution in [3.63, 3.8) is 0 Å². The first-order valence-corrected chi connectivity index (χ1v) is 6.75. The molecule has 0 saturated heterocycles. The van der Waals surface area contributed by atoms with E-state index in [2.05, 4.69) is 18.8 Å². The van der Waals surface area contributed by atoms with Crippen LogP contribution >= 0.6 is 0 Å². The smallest absolute Gasteiger partial charge is 0.384 e. The lowest BCUT2D eigenvalue weighted by molar-refractivity contribution is -0.147. The van der Waals surface area contributed by atoms with E-state index >= 15 is 0 Å². The molecular weight excluding hydrogens is 228 g/mol. The van der Waals surface area contributed by atoms with E-state index in [1.54, 1.807) is 20.8 Å². The average Bonchev–Trinajstić information content (AvgIpc) is 2.22. The Morgan fingerprint density at radius 1 is 1.28 bits per heavy atom. The van der Waals surface area contributed by atoms with Gasteiger partial charge in [-0.25, -0.2) is 4.79 Å². The zero-order chi connectivity index (χ0) is 14.0. The number of ether oxygens (including phenoxy) is 1. The largest absolute Gasteiger partial charge is 0.450 e. The second kappa shape index (κ2) is 8.99. The predicted octanol–water partition coefficient (Wildman–Crippen LogP) is 3.05. The molecule has 0 aromatic carbocycles. The Bertz CT molecular complexity index is 291. The van der Waals surface area contributed by atoms with Gasteiger partial charge in [-0.15, -0.1) is 0 Å². The number of hydrogen-bond acceptors (Lipinski definition) is 3. The summed E-state index contributed by atoms with van der Waals surface area (Å²) in [5.74, 6) is 4.55. The van der Waals surface area contributed by atoms with Gasteiger partial charge in [0.1, 0.15) is 5.60 Å². The highest BCUT2D eigenvalue weighted by Crippen LogP contribution is 2.08. The second-order valence-corrected chi connectivity index (χ2v) is 5.51. The molecule has 0 spiro atoms. The van der Waals surface area contributed by atoms with Crippen molar-refractivity contribution < 1.29 is 14.6 Å². The highest BCUT2D eigenvalue weighted by molar-refractivity contribution is 5.88. The van der Waals surface area contributed by atoms with Crippen molar-refractivity contribution in [3.8, 4) is 11.8 Å². The van der Waals surface area contributed by atoms with E-state index in [9.17, 15) is 9.90 Å². The Balaban J connectivity index is 3.78. The lowest BCUT2D eigenvalue weighted by Gasteiger charge is -2.16. The zero-order valence-corrected chi connectivity index (χ0v) is 12.1. The van der Waals surface area contributed by atoms with Crippen LogP contribution < -0.4 is 0 Å². The molecule has 0 aromatic rings. The number of esters is 1. The number of aliphatic hydroxyl groups excluding tert-OH is 1. The molecule has 0 aliphatic rings. The summed E-state index contributed by atoms with van der Waals surface area (Å²) in [5, 5.41) is 9.64. The van der Waals surface area contributed by atoms with Crippen LogP contribution in [-0.4, -0.2) is 22.8 Å². The lowest BCUT2D eigenvalue weighted by atomic mass is 10.1. The molecule has 0 aliphatic carbocycles. The Labute approximate surface area is 111 Å². The molecule has 0 bridgehead atoms. The monoisotopic (exact) mass is 254 g/mol. The van der Waals surface area contributed by atoms with Gasteiger partial charge in [0.05, 0.1) is 6.10 Å². The van der Waals surface area contributed by atoms with Gasteiger partial charge in [-0.05, 0) is 27.2 Å². The first kappa shape index (κ1) is 17.0. The van der Waals surface area contributed by atoms with Gasteiger partial charge < -0.3 is 9.84 Å². The molecule has 0 amide bonds. The van der Waals surface area contributed by atoms with Crippen molar-refractivity contribution in [2.24, 2.45) is 0 Å². The average molecular weight is 254 g/mol. The SMILES string of the molecule is CCCCCC[C@@H](O)CC#CC(=O)OC(C)(C)C. The number of rotatable bonds is 6. The van der Waals surface area contributed by atoms with Crippen LogP contribution in [0.15, 0.2) is 0 Å². The third-order valence-corrected chi connectivity index (χ3v) is 2.32. The fourth-order valence-corrected chi connectivity index (χ4v) is 1.45. The van der Waals surface area contributed by atoms with Crippen LogP contribution in [0.2, 0.25) is 0 Å². The normalized spacial score (nSPS) is 12.5. The van der Waals surface area contributed by atoms with Crippen LogP contribution in [0.25, 0.3) is 0 Å². The Morgan fingerprint density at radius 3 is 2.50 bits per heavy atom. The topological polar surface area (TPSA) is 46.5 Å². The van der Waals surface area contributed by atoms with E-state index in [-0.39, 0.29) is 0 Å². The van der Waals surface area contributed by atoms with Crippen LogP contribution in [0.3, 0.4) is 0 Å². The second-order valence-electron chi connectivity index (χ2n) is 5.51. The minimum atomic E-state index is -0.527. The van der Waals surface area contributed by atoms with E-state index < -0.39 is 17.7 Å². The molecule has 18 heavy (non-hydrogen) atoms.